The van der Waals surface area contributed by atoms with Crippen molar-refractivity contribution >= 4 is 23.4 Å². The summed E-state index contributed by atoms with van der Waals surface area (Å²) in [6.45, 7) is 4.51. The minimum Gasteiger partial charge on any atom is -0.454 e. The van der Waals surface area contributed by atoms with E-state index in [0.717, 1.165) is 5.56 Å². The summed E-state index contributed by atoms with van der Waals surface area (Å²) in [4.78, 5) is 16.5. The Kier molecular flexibility index (Phi) is 5.24. The number of amides is 1. The zero-order valence-electron chi connectivity index (χ0n) is 14.9. The van der Waals surface area contributed by atoms with Crippen LogP contribution in [0, 0.1) is 0 Å². The maximum absolute atomic E-state index is 12.3. The minimum atomic E-state index is -0.153. The molecule has 0 spiro atoms. The first-order valence-electron chi connectivity index (χ1n) is 8.51. The Balaban J connectivity index is 1.43. The number of pyridine rings is 1. The van der Waals surface area contributed by atoms with Gasteiger partial charge >= 0.3 is 0 Å². The van der Waals surface area contributed by atoms with Gasteiger partial charge in [-0.3, -0.25) is 14.3 Å². The summed E-state index contributed by atoms with van der Waals surface area (Å²) < 4.78 is 12.5. The van der Waals surface area contributed by atoms with Crippen LogP contribution in [0.1, 0.15) is 0 Å². The van der Waals surface area contributed by atoms with E-state index in [1.165, 1.54) is 11.8 Å². The van der Waals surface area contributed by atoms with Crippen molar-refractivity contribution in [2.24, 2.45) is 0 Å². The molecule has 9 heteroatoms. The second kappa shape index (κ2) is 8.13. The Labute approximate surface area is 165 Å². The Hall–Kier alpha value is -3.33. The molecule has 0 radical (unpaired) electrons. The van der Waals surface area contributed by atoms with Crippen LogP contribution in [0.3, 0.4) is 0 Å². The third-order valence-electron chi connectivity index (χ3n) is 3.94. The molecule has 1 aliphatic rings. The van der Waals surface area contributed by atoms with Gasteiger partial charge in [-0.25, -0.2) is 0 Å². The number of ether oxygens (including phenoxy) is 2. The van der Waals surface area contributed by atoms with Crippen molar-refractivity contribution in [3.05, 3.63) is 55.4 Å². The molecule has 8 nitrogen and oxygen atoms in total. The lowest BCUT2D eigenvalue weighted by atomic mass is 10.3. The number of carbonyl (C=O) groups is 1. The molecule has 0 aliphatic carbocycles. The van der Waals surface area contributed by atoms with Crippen molar-refractivity contribution in [3.63, 3.8) is 0 Å². The van der Waals surface area contributed by atoms with Gasteiger partial charge in [-0.1, -0.05) is 17.8 Å². The number of nitrogens with one attached hydrogen (secondary N) is 1. The van der Waals surface area contributed by atoms with Crippen LogP contribution in [-0.2, 0) is 11.3 Å². The quantitative estimate of drug-likeness (QED) is 0.486. The van der Waals surface area contributed by atoms with E-state index in [-0.39, 0.29) is 18.5 Å². The monoisotopic (exact) mass is 395 g/mol. The molecule has 1 aliphatic heterocycles. The fraction of sp³-hybridized carbons (Fsp3) is 0.158. The van der Waals surface area contributed by atoms with Gasteiger partial charge in [0.05, 0.1) is 5.75 Å². The lowest BCUT2D eigenvalue weighted by molar-refractivity contribution is -0.113. The summed E-state index contributed by atoms with van der Waals surface area (Å²) in [7, 11) is 0. The minimum absolute atomic E-state index is 0.153. The Morgan fingerprint density at radius 1 is 1.29 bits per heavy atom. The maximum Gasteiger partial charge on any atom is 0.234 e. The molecule has 142 valence electrons. The topological polar surface area (TPSA) is 91.2 Å². The van der Waals surface area contributed by atoms with E-state index in [9.17, 15) is 4.79 Å². The highest BCUT2D eigenvalue weighted by molar-refractivity contribution is 7.99. The van der Waals surface area contributed by atoms with Gasteiger partial charge < -0.3 is 14.8 Å². The van der Waals surface area contributed by atoms with Crippen molar-refractivity contribution in [3.8, 4) is 22.9 Å². The van der Waals surface area contributed by atoms with Gasteiger partial charge in [-0.2, -0.15) is 0 Å². The number of allylic oxidation sites excluding steroid dienone is 1. The smallest absolute Gasteiger partial charge is 0.234 e. The second-order valence-corrected chi connectivity index (χ2v) is 6.79. The van der Waals surface area contributed by atoms with Crippen LogP contribution >= 0.6 is 11.8 Å². The summed E-state index contributed by atoms with van der Waals surface area (Å²) in [5.74, 6) is 2.02. The molecule has 0 fully saturated rings. The number of anilines is 1. The van der Waals surface area contributed by atoms with E-state index in [2.05, 4.69) is 27.1 Å². The molecule has 1 N–H and O–H groups in total. The van der Waals surface area contributed by atoms with E-state index in [4.69, 9.17) is 9.47 Å². The van der Waals surface area contributed by atoms with Crippen molar-refractivity contribution in [1.82, 2.24) is 19.7 Å². The number of hydrogen-bond donors (Lipinski definition) is 1. The molecule has 0 saturated heterocycles. The molecule has 28 heavy (non-hydrogen) atoms. The predicted octanol–water partition coefficient (Wildman–Crippen LogP) is 2.99. The predicted molar refractivity (Wildman–Crippen MR) is 105 cm³/mol. The van der Waals surface area contributed by atoms with Crippen LogP contribution in [0.5, 0.6) is 11.5 Å². The van der Waals surface area contributed by atoms with Gasteiger partial charge in [0.25, 0.3) is 0 Å². The van der Waals surface area contributed by atoms with Crippen LogP contribution in [0.25, 0.3) is 11.4 Å². The Morgan fingerprint density at radius 3 is 3.00 bits per heavy atom. The number of hydrogen-bond acceptors (Lipinski definition) is 7. The van der Waals surface area contributed by atoms with Crippen molar-refractivity contribution in [2.45, 2.75) is 11.7 Å². The van der Waals surface area contributed by atoms with E-state index in [0.29, 0.717) is 34.7 Å². The fourth-order valence-corrected chi connectivity index (χ4v) is 3.45. The molecule has 1 amide bonds. The average molecular weight is 395 g/mol. The maximum atomic E-state index is 12.3. The summed E-state index contributed by atoms with van der Waals surface area (Å²) in [6.07, 6.45) is 5.19. The molecule has 2 aromatic heterocycles. The number of fused-ring (bicyclic) bond motifs is 1. The van der Waals surface area contributed by atoms with Gasteiger partial charge in [0.1, 0.15) is 0 Å². The Bertz CT molecular complexity index is 1010. The van der Waals surface area contributed by atoms with Crippen LogP contribution < -0.4 is 14.8 Å². The highest BCUT2D eigenvalue weighted by atomic mass is 32.2. The molecular weight excluding hydrogens is 378 g/mol. The van der Waals surface area contributed by atoms with E-state index >= 15 is 0 Å². The fourth-order valence-electron chi connectivity index (χ4n) is 2.70. The molecule has 0 bridgehead atoms. The number of benzene rings is 1. The van der Waals surface area contributed by atoms with Gasteiger partial charge in [-0.05, 0) is 24.3 Å². The Morgan fingerprint density at radius 2 is 2.18 bits per heavy atom. The normalized spacial score (nSPS) is 12.0. The SMILES string of the molecule is C=CCn1c(SCC(=O)Nc2ccc3c(c2)OCO3)nnc1-c1cccnc1. The third kappa shape index (κ3) is 3.84. The summed E-state index contributed by atoms with van der Waals surface area (Å²) in [5, 5.41) is 12.0. The standard InChI is InChI=1S/C19H17N5O3S/c1-2-8-24-18(13-4-3-7-20-10-13)22-23-19(24)28-11-17(25)21-14-5-6-15-16(9-14)27-12-26-15/h2-7,9-10H,1,8,11-12H2,(H,21,25). The molecule has 4 rings (SSSR count). The molecule has 0 saturated carbocycles. The molecule has 1 aromatic carbocycles. The first kappa shape index (κ1) is 18.1. The first-order valence-corrected chi connectivity index (χ1v) is 9.50. The number of thioether (sulfide) groups is 1. The molecule has 0 unspecified atom stereocenters. The van der Waals surface area contributed by atoms with Crippen molar-refractivity contribution in [2.75, 3.05) is 17.9 Å². The lowest BCUT2D eigenvalue weighted by Gasteiger charge is -2.08. The van der Waals surface area contributed by atoms with Crippen LogP contribution in [0.2, 0.25) is 0 Å². The third-order valence-corrected chi connectivity index (χ3v) is 4.90. The highest BCUT2D eigenvalue weighted by Gasteiger charge is 2.17. The molecule has 3 aromatic rings. The first-order chi connectivity index (χ1) is 13.7. The average Bonchev–Trinajstić information content (AvgIpc) is 3.34. The van der Waals surface area contributed by atoms with Gasteiger partial charge in [0.2, 0.25) is 12.7 Å². The van der Waals surface area contributed by atoms with Gasteiger partial charge in [0.15, 0.2) is 22.5 Å². The zero-order chi connectivity index (χ0) is 19.3. The largest absolute Gasteiger partial charge is 0.454 e. The molecule has 3 heterocycles. The molecule has 0 atom stereocenters. The van der Waals surface area contributed by atoms with Crippen LogP contribution in [0.4, 0.5) is 5.69 Å². The zero-order valence-corrected chi connectivity index (χ0v) is 15.7. The van der Waals surface area contributed by atoms with E-state index in [1.807, 2.05) is 16.7 Å². The number of aromatic nitrogens is 4. The summed E-state index contributed by atoms with van der Waals surface area (Å²) in [5.41, 5.74) is 1.51. The van der Waals surface area contributed by atoms with E-state index in [1.54, 1.807) is 36.7 Å². The van der Waals surface area contributed by atoms with E-state index < -0.39 is 0 Å². The van der Waals surface area contributed by atoms with Crippen molar-refractivity contribution < 1.29 is 14.3 Å². The summed E-state index contributed by atoms with van der Waals surface area (Å²) >= 11 is 1.31. The number of nitrogens with zero attached hydrogens (tertiary/aromatic N) is 4. The summed E-state index contributed by atoms with van der Waals surface area (Å²) in [6, 6.07) is 9.04. The highest BCUT2D eigenvalue weighted by Crippen LogP contribution is 2.34. The number of rotatable bonds is 7. The van der Waals surface area contributed by atoms with Crippen LogP contribution in [-0.4, -0.2) is 38.2 Å². The van der Waals surface area contributed by atoms with Crippen molar-refractivity contribution in [1.29, 1.82) is 0 Å². The molecular formula is C19H17N5O3S. The lowest BCUT2D eigenvalue weighted by Crippen LogP contribution is -2.14. The van der Waals surface area contributed by atoms with Gasteiger partial charge in [-0.15, -0.1) is 16.8 Å². The second-order valence-electron chi connectivity index (χ2n) is 5.85. The number of carbonyl (C=O) groups excluding carboxylic acids is 1. The van der Waals surface area contributed by atoms with Gasteiger partial charge in [0, 0.05) is 36.3 Å². The van der Waals surface area contributed by atoms with Crippen LogP contribution in [0.15, 0.2) is 60.5 Å².